The molecule has 2 aromatic rings. The first kappa shape index (κ1) is 14.3. The summed E-state index contributed by atoms with van der Waals surface area (Å²) in [5.74, 6) is 1.77. The summed E-state index contributed by atoms with van der Waals surface area (Å²) in [6, 6.07) is 5.46. The third-order valence-electron chi connectivity index (χ3n) is 3.15. The normalized spacial score (nSPS) is 12.0. The topological polar surface area (TPSA) is 66.9 Å². The van der Waals surface area contributed by atoms with Crippen LogP contribution in [0.2, 0.25) is 0 Å². The Bertz CT molecular complexity index is 526. The number of hydrogen-bond donors (Lipinski definition) is 1. The summed E-state index contributed by atoms with van der Waals surface area (Å²) in [6.07, 6.45) is 4.00. The van der Waals surface area contributed by atoms with Gasteiger partial charge in [0.25, 0.3) is 0 Å². The lowest BCUT2D eigenvalue weighted by molar-refractivity contribution is 0.323. The SMILES string of the molecule is COc1cc(C(N)Cc2ccoc2)cc(OC)c1OC. The third kappa shape index (κ3) is 2.88. The Morgan fingerprint density at radius 2 is 1.75 bits per heavy atom. The summed E-state index contributed by atoms with van der Waals surface area (Å²) in [6.45, 7) is 0. The Morgan fingerprint density at radius 1 is 1.10 bits per heavy atom. The Labute approximate surface area is 118 Å². The quantitative estimate of drug-likeness (QED) is 0.879. The second-order valence-corrected chi connectivity index (χ2v) is 4.40. The van der Waals surface area contributed by atoms with Gasteiger partial charge in [-0.15, -0.1) is 0 Å². The molecule has 0 spiro atoms. The summed E-state index contributed by atoms with van der Waals surface area (Å²) >= 11 is 0. The molecule has 1 unspecified atom stereocenters. The van der Waals surface area contributed by atoms with Crippen molar-refractivity contribution < 1.29 is 18.6 Å². The highest BCUT2D eigenvalue weighted by molar-refractivity contribution is 5.54. The van der Waals surface area contributed by atoms with Crippen LogP contribution in [-0.2, 0) is 6.42 Å². The van der Waals surface area contributed by atoms with Gasteiger partial charge in [0.15, 0.2) is 11.5 Å². The first-order chi connectivity index (χ1) is 9.69. The highest BCUT2D eigenvalue weighted by Crippen LogP contribution is 2.39. The smallest absolute Gasteiger partial charge is 0.203 e. The maximum absolute atomic E-state index is 6.23. The van der Waals surface area contributed by atoms with Crippen LogP contribution >= 0.6 is 0 Å². The van der Waals surface area contributed by atoms with Crippen molar-refractivity contribution in [3.05, 3.63) is 41.9 Å². The van der Waals surface area contributed by atoms with Crippen LogP contribution in [0.4, 0.5) is 0 Å². The van der Waals surface area contributed by atoms with E-state index in [1.807, 2.05) is 18.2 Å². The van der Waals surface area contributed by atoms with Crippen molar-refractivity contribution in [3.8, 4) is 17.2 Å². The van der Waals surface area contributed by atoms with Crippen molar-refractivity contribution in [1.82, 2.24) is 0 Å². The van der Waals surface area contributed by atoms with Crippen LogP contribution < -0.4 is 19.9 Å². The lowest BCUT2D eigenvalue weighted by atomic mass is 10.0. The molecule has 0 saturated heterocycles. The predicted molar refractivity (Wildman–Crippen MR) is 75.4 cm³/mol. The van der Waals surface area contributed by atoms with Gasteiger partial charge in [0.2, 0.25) is 5.75 Å². The van der Waals surface area contributed by atoms with Crippen molar-refractivity contribution >= 4 is 0 Å². The van der Waals surface area contributed by atoms with E-state index in [-0.39, 0.29) is 6.04 Å². The lowest BCUT2D eigenvalue weighted by Crippen LogP contribution is -2.13. The van der Waals surface area contributed by atoms with E-state index in [1.54, 1.807) is 33.9 Å². The minimum atomic E-state index is -0.179. The summed E-state index contributed by atoms with van der Waals surface area (Å²) in [7, 11) is 4.75. The molecule has 0 fully saturated rings. The minimum Gasteiger partial charge on any atom is -0.493 e. The van der Waals surface area contributed by atoms with Crippen LogP contribution in [0.25, 0.3) is 0 Å². The van der Waals surface area contributed by atoms with Crippen LogP contribution in [0.5, 0.6) is 17.2 Å². The van der Waals surface area contributed by atoms with Gasteiger partial charge < -0.3 is 24.4 Å². The molecule has 1 aromatic heterocycles. The second-order valence-electron chi connectivity index (χ2n) is 4.40. The lowest BCUT2D eigenvalue weighted by Gasteiger charge is -2.17. The zero-order chi connectivity index (χ0) is 14.5. The summed E-state index contributed by atoms with van der Waals surface area (Å²) in [5.41, 5.74) is 8.20. The zero-order valence-corrected chi connectivity index (χ0v) is 11.9. The standard InChI is InChI=1S/C15H19NO4/c1-17-13-7-11(8-14(18-2)15(13)19-3)12(16)6-10-4-5-20-9-10/h4-5,7-9,12H,6,16H2,1-3H3. The summed E-state index contributed by atoms with van der Waals surface area (Å²) in [5, 5.41) is 0. The van der Waals surface area contributed by atoms with Gasteiger partial charge in [0.1, 0.15) is 0 Å². The molecule has 0 aliphatic rings. The highest BCUT2D eigenvalue weighted by Gasteiger charge is 2.17. The van der Waals surface area contributed by atoms with Crippen LogP contribution in [0.3, 0.4) is 0 Å². The van der Waals surface area contributed by atoms with Crippen molar-refractivity contribution in [2.45, 2.75) is 12.5 Å². The van der Waals surface area contributed by atoms with E-state index in [0.29, 0.717) is 23.7 Å². The van der Waals surface area contributed by atoms with Gasteiger partial charge in [-0.25, -0.2) is 0 Å². The molecule has 1 atom stereocenters. The fraction of sp³-hybridized carbons (Fsp3) is 0.333. The number of methoxy groups -OCH3 is 3. The van der Waals surface area contributed by atoms with E-state index in [9.17, 15) is 0 Å². The van der Waals surface area contributed by atoms with Gasteiger partial charge in [0.05, 0.1) is 33.9 Å². The number of benzene rings is 1. The molecule has 0 bridgehead atoms. The molecule has 5 heteroatoms. The Balaban J connectivity index is 2.31. The maximum Gasteiger partial charge on any atom is 0.203 e. The molecule has 0 amide bonds. The molecule has 1 aromatic carbocycles. The molecule has 0 aliphatic carbocycles. The van der Waals surface area contributed by atoms with Crippen molar-refractivity contribution in [2.24, 2.45) is 5.73 Å². The minimum absolute atomic E-state index is 0.179. The molecule has 5 nitrogen and oxygen atoms in total. The number of furan rings is 1. The van der Waals surface area contributed by atoms with Crippen molar-refractivity contribution in [2.75, 3.05) is 21.3 Å². The Kier molecular flexibility index (Phi) is 4.53. The Morgan fingerprint density at radius 3 is 2.20 bits per heavy atom. The fourth-order valence-electron chi connectivity index (χ4n) is 2.10. The van der Waals surface area contributed by atoms with E-state index >= 15 is 0 Å². The first-order valence-corrected chi connectivity index (χ1v) is 6.26. The van der Waals surface area contributed by atoms with Crippen molar-refractivity contribution in [1.29, 1.82) is 0 Å². The molecule has 108 valence electrons. The molecule has 2 rings (SSSR count). The number of nitrogens with two attached hydrogens (primary N) is 1. The van der Waals surface area contributed by atoms with E-state index in [4.69, 9.17) is 24.4 Å². The summed E-state index contributed by atoms with van der Waals surface area (Å²) in [4.78, 5) is 0. The van der Waals surface area contributed by atoms with Gasteiger partial charge in [-0.05, 0) is 35.7 Å². The monoisotopic (exact) mass is 277 g/mol. The van der Waals surface area contributed by atoms with E-state index in [2.05, 4.69) is 0 Å². The van der Waals surface area contributed by atoms with E-state index < -0.39 is 0 Å². The van der Waals surface area contributed by atoms with Gasteiger partial charge in [0, 0.05) is 6.04 Å². The van der Waals surface area contributed by atoms with E-state index in [0.717, 1.165) is 11.1 Å². The van der Waals surface area contributed by atoms with Gasteiger partial charge >= 0.3 is 0 Å². The average molecular weight is 277 g/mol. The average Bonchev–Trinajstić information content (AvgIpc) is 2.98. The summed E-state index contributed by atoms with van der Waals surface area (Å²) < 4.78 is 21.0. The van der Waals surface area contributed by atoms with Crippen molar-refractivity contribution in [3.63, 3.8) is 0 Å². The molecular weight excluding hydrogens is 258 g/mol. The molecule has 1 heterocycles. The van der Waals surface area contributed by atoms with Crippen LogP contribution in [0.15, 0.2) is 35.1 Å². The second kappa shape index (κ2) is 6.34. The number of rotatable bonds is 6. The number of hydrogen-bond acceptors (Lipinski definition) is 5. The fourth-order valence-corrected chi connectivity index (χ4v) is 2.10. The van der Waals surface area contributed by atoms with Gasteiger partial charge in [-0.1, -0.05) is 0 Å². The Hall–Kier alpha value is -2.14. The van der Waals surface area contributed by atoms with Crippen LogP contribution in [-0.4, -0.2) is 21.3 Å². The van der Waals surface area contributed by atoms with Gasteiger partial charge in [-0.2, -0.15) is 0 Å². The largest absolute Gasteiger partial charge is 0.493 e. The highest BCUT2D eigenvalue weighted by atomic mass is 16.5. The molecular formula is C15H19NO4. The first-order valence-electron chi connectivity index (χ1n) is 6.26. The zero-order valence-electron chi connectivity index (χ0n) is 11.9. The van der Waals surface area contributed by atoms with Crippen LogP contribution in [0.1, 0.15) is 17.2 Å². The van der Waals surface area contributed by atoms with Crippen LogP contribution in [0, 0.1) is 0 Å². The molecule has 20 heavy (non-hydrogen) atoms. The van der Waals surface area contributed by atoms with E-state index in [1.165, 1.54) is 0 Å². The number of ether oxygens (including phenoxy) is 3. The third-order valence-corrected chi connectivity index (χ3v) is 3.15. The molecule has 0 aliphatic heterocycles. The molecule has 2 N–H and O–H groups in total. The van der Waals surface area contributed by atoms with Gasteiger partial charge in [-0.3, -0.25) is 0 Å². The molecule has 0 saturated carbocycles. The maximum atomic E-state index is 6.23. The molecule has 0 radical (unpaired) electrons. The predicted octanol–water partition coefficient (Wildman–Crippen LogP) is 2.55.